The molecule has 142 valence electrons. The van der Waals surface area contributed by atoms with Crippen molar-refractivity contribution in [3.63, 3.8) is 0 Å². The maximum absolute atomic E-state index is 13.4. The Bertz CT molecular complexity index is 1100. The van der Waals surface area contributed by atoms with Crippen molar-refractivity contribution in [2.75, 3.05) is 11.5 Å². The van der Waals surface area contributed by atoms with Crippen molar-refractivity contribution in [3.8, 4) is 0 Å². The maximum atomic E-state index is 13.4. The number of sulfone groups is 1. The van der Waals surface area contributed by atoms with Crippen molar-refractivity contribution in [2.24, 2.45) is 0 Å². The molecule has 1 amide bonds. The van der Waals surface area contributed by atoms with Crippen LogP contribution in [0.2, 0.25) is 5.02 Å². The largest absolute Gasteiger partial charge is 0.467 e. The van der Waals surface area contributed by atoms with Gasteiger partial charge in [0.1, 0.15) is 10.6 Å². The third-order valence-corrected chi connectivity index (χ3v) is 8.19. The molecule has 1 saturated heterocycles. The minimum absolute atomic E-state index is 0.0267. The number of fused-ring (bicyclic) bond motifs is 1. The molecule has 0 spiro atoms. The van der Waals surface area contributed by atoms with Crippen LogP contribution in [-0.2, 0) is 16.4 Å². The number of halogens is 1. The van der Waals surface area contributed by atoms with Crippen LogP contribution >= 0.6 is 22.9 Å². The highest BCUT2D eigenvalue weighted by Crippen LogP contribution is 2.37. The Morgan fingerprint density at radius 3 is 2.85 bits per heavy atom. The van der Waals surface area contributed by atoms with E-state index in [1.54, 1.807) is 23.3 Å². The topological polar surface area (TPSA) is 67.6 Å². The number of aryl methyl sites for hydroxylation is 1. The summed E-state index contributed by atoms with van der Waals surface area (Å²) in [6.07, 6.45) is 1.97. The summed E-state index contributed by atoms with van der Waals surface area (Å²) in [5, 5.41) is 1.26. The number of nitrogens with zero attached hydrogens (tertiary/aromatic N) is 1. The fraction of sp³-hybridized carbons (Fsp3) is 0.316. The molecule has 5 nitrogen and oxygen atoms in total. The Morgan fingerprint density at radius 1 is 1.37 bits per heavy atom. The lowest BCUT2D eigenvalue weighted by Crippen LogP contribution is -2.40. The molecular weight excluding hydrogens is 406 g/mol. The molecule has 0 aliphatic carbocycles. The second-order valence-electron chi connectivity index (χ2n) is 6.81. The standard InChI is InChI=1S/C19H18ClNO4S2/c1-12-4-5-15-16(9-12)26-18(17(15)20)19(22)21(10-14-3-2-7-25-14)13-6-8-27(23,24)11-13/h2-5,7,9,13H,6,8,10-11H2,1H3/t13-/m0/s1. The van der Waals surface area contributed by atoms with Crippen LogP contribution in [0.5, 0.6) is 0 Å². The summed E-state index contributed by atoms with van der Waals surface area (Å²) in [6.45, 7) is 2.21. The van der Waals surface area contributed by atoms with Gasteiger partial charge in [0, 0.05) is 16.1 Å². The molecule has 1 aliphatic heterocycles. The van der Waals surface area contributed by atoms with Gasteiger partial charge in [0.15, 0.2) is 9.84 Å². The number of carbonyl (C=O) groups is 1. The summed E-state index contributed by atoms with van der Waals surface area (Å²) < 4.78 is 30.3. The van der Waals surface area contributed by atoms with Crippen molar-refractivity contribution in [3.05, 3.63) is 57.8 Å². The van der Waals surface area contributed by atoms with Gasteiger partial charge in [0.2, 0.25) is 0 Å². The molecule has 0 bridgehead atoms. The second kappa shape index (κ2) is 6.96. The highest BCUT2D eigenvalue weighted by Gasteiger charge is 2.36. The highest BCUT2D eigenvalue weighted by molar-refractivity contribution is 7.91. The van der Waals surface area contributed by atoms with Crippen LogP contribution in [0.1, 0.15) is 27.4 Å². The van der Waals surface area contributed by atoms with Crippen molar-refractivity contribution in [2.45, 2.75) is 25.9 Å². The van der Waals surface area contributed by atoms with Crippen molar-refractivity contribution in [1.29, 1.82) is 0 Å². The zero-order valence-corrected chi connectivity index (χ0v) is 17.0. The Balaban J connectivity index is 1.73. The molecule has 1 fully saturated rings. The van der Waals surface area contributed by atoms with E-state index in [4.69, 9.17) is 16.0 Å². The molecule has 8 heteroatoms. The van der Waals surface area contributed by atoms with E-state index in [-0.39, 0.29) is 30.0 Å². The Kier molecular flexibility index (Phi) is 4.78. The van der Waals surface area contributed by atoms with Crippen LogP contribution in [0, 0.1) is 6.92 Å². The number of thiophene rings is 1. The zero-order valence-electron chi connectivity index (χ0n) is 14.6. The van der Waals surface area contributed by atoms with Gasteiger partial charge in [0.05, 0.1) is 29.3 Å². The van der Waals surface area contributed by atoms with Crippen LogP contribution in [0.4, 0.5) is 0 Å². The van der Waals surface area contributed by atoms with Gasteiger partial charge >= 0.3 is 0 Å². The van der Waals surface area contributed by atoms with E-state index in [1.165, 1.54) is 11.3 Å². The summed E-state index contributed by atoms with van der Waals surface area (Å²) in [6, 6.07) is 9.02. The van der Waals surface area contributed by atoms with Gasteiger partial charge < -0.3 is 9.32 Å². The predicted octanol–water partition coefficient (Wildman–Crippen LogP) is 4.29. The quantitative estimate of drug-likeness (QED) is 0.627. The fourth-order valence-corrected chi connectivity index (χ4v) is 6.70. The lowest BCUT2D eigenvalue weighted by molar-refractivity contribution is 0.0671. The average Bonchev–Trinajstić information content (AvgIpc) is 3.32. The van der Waals surface area contributed by atoms with Crippen molar-refractivity contribution >= 4 is 48.8 Å². The van der Waals surface area contributed by atoms with Gasteiger partial charge in [-0.25, -0.2) is 8.42 Å². The Labute approximate surface area is 166 Å². The monoisotopic (exact) mass is 423 g/mol. The van der Waals surface area contributed by atoms with Gasteiger partial charge in [-0.05, 0) is 37.1 Å². The molecule has 3 aromatic rings. The first-order valence-corrected chi connectivity index (χ1v) is 11.6. The molecule has 1 atom stereocenters. The van der Waals surface area contributed by atoms with Crippen molar-refractivity contribution in [1.82, 2.24) is 4.90 Å². The zero-order chi connectivity index (χ0) is 19.2. The summed E-state index contributed by atoms with van der Waals surface area (Å²) in [7, 11) is -3.13. The van der Waals surface area contributed by atoms with Gasteiger partial charge in [0.25, 0.3) is 5.91 Å². The molecule has 1 aromatic carbocycles. The minimum atomic E-state index is -3.13. The van der Waals surface area contributed by atoms with E-state index in [1.807, 2.05) is 25.1 Å². The molecule has 4 rings (SSSR count). The number of rotatable bonds is 4. The van der Waals surface area contributed by atoms with Crippen molar-refractivity contribution < 1.29 is 17.6 Å². The lowest BCUT2D eigenvalue weighted by atomic mass is 10.1. The molecule has 0 saturated carbocycles. The molecular formula is C19H18ClNO4S2. The second-order valence-corrected chi connectivity index (χ2v) is 10.5. The molecule has 1 aliphatic rings. The Morgan fingerprint density at radius 2 is 2.19 bits per heavy atom. The van der Waals surface area contributed by atoms with E-state index < -0.39 is 9.84 Å². The normalized spacial score (nSPS) is 18.8. The van der Waals surface area contributed by atoms with Gasteiger partial charge in [-0.2, -0.15) is 0 Å². The maximum Gasteiger partial charge on any atom is 0.266 e. The van der Waals surface area contributed by atoms with Gasteiger partial charge in [-0.1, -0.05) is 23.7 Å². The third kappa shape index (κ3) is 3.63. The Hall–Kier alpha value is -1.83. The minimum Gasteiger partial charge on any atom is -0.467 e. The first-order valence-electron chi connectivity index (χ1n) is 8.56. The van der Waals surface area contributed by atoms with Crippen LogP contribution in [-0.4, -0.2) is 36.8 Å². The van der Waals surface area contributed by atoms with E-state index in [9.17, 15) is 13.2 Å². The summed E-state index contributed by atoms with van der Waals surface area (Å²) in [4.78, 5) is 15.4. The van der Waals surface area contributed by atoms with Crippen LogP contribution in [0.3, 0.4) is 0 Å². The molecule has 2 aromatic heterocycles. The first-order chi connectivity index (χ1) is 12.8. The summed E-state index contributed by atoms with van der Waals surface area (Å²) in [5.74, 6) is 0.429. The first kappa shape index (κ1) is 18.5. The van der Waals surface area contributed by atoms with Gasteiger partial charge in [-0.3, -0.25) is 4.79 Å². The van der Waals surface area contributed by atoms with E-state index in [0.717, 1.165) is 15.6 Å². The summed E-state index contributed by atoms with van der Waals surface area (Å²) in [5.41, 5.74) is 1.09. The molecule has 27 heavy (non-hydrogen) atoms. The predicted molar refractivity (Wildman–Crippen MR) is 107 cm³/mol. The average molecular weight is 424 g/mol. The van der Waals surface area contributed by atoms with E-state index in [2.05, 4.69) is 0 Å². The van der Waals surface area contributed by atoms with Gasteiger partial charge in [-0.15, -0.1) is 11.3 Å². The highest BCUT2D eigenvalue weighted by atomic mass is 35.5. The number of carbonyl (C=O) groups excluding carboxylic acids is 1. The number of amides is 1. The molecule has 0 radical (unpaired) electrons. The molecule has 3 heterocycles. The SMILES string of the molecule is Cc1ccc2c(Cl)c(C(=O)N(Cc3ccco3)[C@H]3CCS(=O)(=O)C3)sc2c1. The number of benzene rings is 1. The lowest BCUT2D eigenvalue weighted by Gasteiger charge is -2.27. The number of hydrogen-bond acceptors (Lipinski definition) is 5. The van der Waals surface area contributed by atoms with E-state index >= 15 is 0 Å². The number of hydrogen-bond donors (Lipinski definition) is 0. The van der Waals surface area contributed by atoms with Crippen LogP contribution in [0.25, 0.3) is 10.1 Å². The third-order valence-electron chi connectivity index (χ3n) is 4.80. The molecule has 0 N–H and O–H groups in total. The van der Waals surface area contributed by atoms with E-state index in [0.29, 0.717) is 22.1 Å². The molecule has 0 unspecified atom stereocenters. The van der Waals surface area contributed by atoms with Crippen LogP contribution in [0.15, 0.2) is 41.0 Å². The summed E-state index contributed by atoms with van der Waals surface area (Å²) >= 11 is 7.86. The van der Waals surface area contributed by atoms with Crippen LogP contribution < -0.4 is 0 Å². The fourth-order valence-electron chi connectivity index (χ4n) is 3.40. The number of furan rings is 1. The smallest absolute Gasteiger partial charge is 0.266 e.